The van der Waals surface area contributed by atoms with Gasteiger partial charge in [-0.3, -0.25) is 0 Å². The van der Waals surface area contributed by atoms with Crippen molar-refractivity contribution in [1.29, 1.82) is 0 Å². The number of nitrogens with one attached hydrogen (secondary N) is 1. The summed E-state index contributed by atoms with van der Waals surface area (Å²) in [6.07, 6.45) is 0.844. The lowest BCUT2D eigenvalue weighted by atomic mass is 10.1. The van der Waals surface area contributed by atoms with Crippen LogP contribution in [-0.2, 0) is 6.42 Å². The van der Waals surface area contributed by atoms with Crippen LogP contribution < -0.4 is 5.73 Å². The molecule has 2 nitrogen and oxygen atoms in total. The van der Waals surface area contributed by atoms with E-state index in [1.807, 2.05) is 25.1 Å². The van der Waals surface area contributed by atoms with E-state index in [1.54, 1.807) is 11.8 Å². The van der Waals surface area contributed by atoms with Crippen molar-refractivity contribution in [2.75, 3.05) is 0 Å². The highest BCUT2D eigenvalue weighted by Gasteiger charge is 2.07. The minimum Gasteiger partial charge on any atom is -0.349 e. The fourth-order valence-corrected chi connectivity index (χ4v) is 3.54. The van der Waals surface area contributed by atoms with Crippen LogP contribution >= 0.6 is 23.4 Å². The number of para-hydroxylation sites is 1. The van der Waals surface area contributed by atoms with Crippen molar-refractivity contribution in [1.82, 2.24) is 4.98 Å². The first-order chi connectivity index (χ1) is 10.1. The molecule has 0 saturated carbocycles. The number of aromatic nitrogens is 1. The molecule has 3 rings (SSSR count). The first-order valence-corrected chi connectivity index (χ1v) is 8.11. The van der Waals surface area contributed by atoms with E-state index in [4.69, 9.17) is 17.3 Å². The van der Waals surface area contributed by atoms with Crippen LogP contribution in [0.3, 0.4) is 0 Å². The normalized spacial score (nSPS) is 12.7. The Morgan fingerprint density at radius 1 is 1.19 bits per heavy atom. The molecule has 0 radical (unpaired) electrons. The van der Waals surface area contributed by atoms with Gasteiger partial charge in [0.15, 0.2) is 0 Å². The first kappa shape index (κ1) is 14.5. The molecule has 1 heterocycles. The van der Waals surface area contributed by atoms with Crippen molar-refractivity contribution < 1.29 is 0 Å². The number of hydrogen-bond acceptors (Lipinski definition) is 2. The number of halogens is 1. The quantitative estimate of drug-likeness (QED) is 0.721. The average molecular weight is 317 g/mol. The zero-order valence-corrected chi connectivity index (χ0v) is 13.3. The minimum atomic E-state index is 0.147. The van der Waals surface area contributed by atoms with Crippen LogP contribution in [0, 0.1) is 0 Å². The number of aromatic amines is 1. The van der Waals surface area contributed by atoms with Crippen LogP contribution in [0.5, 0.6) is 0 Å². The van der Waals surface area contributed by atoms with Crippen molar-refractivity contribution in [2.24, 2.45) is 5.73 Å². The van der Waals surface area contributed by atoms with Crippen molar-refractivity contribution in [3.63, 3.8) is 0 Å². The predicted octanol–water partition coefficient (Wildman–Crippen LogP) is 4.86. The molecule has 108 valence electrons. The molecular formula is C17H17ClN2S. The highest BCUT2D eigenvalue weighted by molar-refractivity contribution is 7.99. The summed E-state index contributed by atoms with van der Waals surface area (Å²) in [5.41, 5.74) is 8.15. The van der Waals surface area contributed by atoms with Gasteiger partial charge in [0.05, 0.1) is 10.0 Å². The topological polar surface area (TPSA) is 41.8 Å². The van der Waals surface area contributed by atoms with Gasteiger partial charge in [-0.25, -0.2) is 0 Å². The highest BCUT2D eigenvalue weighted by atomic mass is 35.5. The summed E-state index contributed by atoms with van der Waals surface area (Å²) >= 11 is 8.03. The molecule has 0 aliphatic rings. The number of fused-ring (bicyclic) bond motifs is 1. The molecule has 21 heavy (non-hydrogen) atoms. The SMILES string of the molecule is CC(N)Cc1ccc(Sc2cc3ccccc3[nH]2)c(Cl)c1. The summed E-state index contributed by atoms with van der Waals surface area (Å²) in [4.78, 5) is 4.45. The summed E-state index contributed by atoms with van der Waals surface area (Å²) in [5.74, 6) is 0. The summed E-state index contributed by atoms with van der Waals surface area (Å²) < 4.78 is 0. The van der Waals surface area contributed by atoms with Gasteiger partial charge in [-0.15, -0.1) is 0 Å². The molecule has 4 heteroatoms. The molecule has 1 atom stereocenters. The minimum absolute atomic E-state index is 0.147. The summed E-state index contributed by atoms with van der Waals surface area (Å²) in [6, 6.07) is 16.7. The van der Waals surface area contributed by atoms with Gasteiger partial charge in [0, 0.05) is 21.8 Å². The molecule has 0 aliphatic heterocycles. The molecule has 1 aromatic heterocycles. The van der Waals surface area contributed by atoms with Crippen LogP contribution in [0.2, 0.25) is 5.02 Å². The van der Waals surface area contributed by atoms with Crippen LogP contribution in [0.25, 0.3) is 10.9 Å². The van der Waals surface area contributed by atoms with Crippen molar-refractivity contribution in [2.45, 2.75) is 29.3 Å². The first-order valence-electron chi connectivity index (χ1n) is 6.91. The molecule has 0 fully saturated rings. The lowest BCUT2D eigenvalue weighted by Crippen LogP contribution is -2.17. The number of H-pyrrole nitrogens is 1. The number of hydrogen-bond donors (Lipinski definition) is 2. The maximum Gasteiger partial charge on any atom is 0.0781 e. The lowest BCUT2D eigenvalue weighted by Gasteiger charge is -2.08. The average Bonchev–Trinajstić information content (AvgIpc) is 2.83. The number of rotatable bonds is 4. The van der Waals surface area contributed by atoms with E-state index in [0.29, 0.717) is 0 Å². The molecular weight excluding hydrogens is 300 g/mol. The zero-order chi connectivity index (χ0) is 14.8. The van der Waals surface area contributed by atoms with Gasteiger partial charge in [0.1, 0.15) is 0 Å². The molecule has 2 aromatic carbocycles. The third-order valence-corrected chi connectivity index (χ3v) is 4.72. The van der Waals surface area contributed by atoms with E-state index in [9.17, 15) is 0 Å². The van der Waals surface area contributed by atoms with E-state index >= 15 is 0 Å². The third kappa shape index (κ3) is 3.43. The van der Waals surface area contributed by atoms with Gasteiger partial charge in [-0.1, -0.05) is 47.6 Å². The maximum absolute atomic E-state index is 6.39. The lowest BCUT2D eigenvalue weighted by molar-refractivity contribution is 0.738. The summed E-state index contributed by atoms with van der Waals surface area (Å²) in [5, 5.41) is 3.08. The predicted molar refractivity (Wildman–Crippen MR) is 91.2 cm³/mol. The van der Waals surface area contributed by atoms with Crippen LogP contribution in [0.4, 0.5) is 0 Å². The fourth-order valence-electron chi connectivity index (χ4n) is 2.35. The van der Waals surface area contributed by atoms with Crippen molar-refractivity contribution >= 4 is 34.3 Å². The molecule has 3 aromatic rings. The monoisotopic (exact) mass is 316 g/mol. The van der Waals surface area contributed by atoms with Gasteiger partial charge in [-0.2, -0.15) is 0 Å². The summed E-state index contributed by atoms with van der Waals surface area (Å²) in [6.45, 7) is 2.00. The second-order valence-corrected chi connectivity index (χ2v) is 6.76. The highest BCUT2D eigenvalue weighted by Crippen LogP contribution is 2.35. The molecule has 0 spiro atoms. The Morgan fingerprint density at radius 3 is 2.71 bits per heavy atom. The van der Waals surface area contributed by atoms with Gasteiger partial charge in [0.25, 0.3) is 0 Å². The standard InChI is InChI=1S/C17H17ClN2S/c1-11(19)8-12-6-7-16(14(18)9-12)21-17-10-13-4-2-3-5-15(13)20-17/h2-7,9-11,20H,8,19H2,1H3. The van der Waals surface area contributed by atoms with Crippen LogP contribution in [0.1, 0.15) is 12.5 Å². The van der Waals surface area contributed by atoms with Gasteiger partial charge in [0.2, 0.25) is 0 Å². The van der Waals surface area contributed by atoms with E-state index in [-0.39, 0.29) is 6.04 Å². The Morgan fingerprint density at radius 2 is 2.00 bits per heavy atom. The van der Waals surface area contributed by atoms with Gasteiger partial charge in [-0.05, 0) is 43.2 Å². The summed E-state index contributed by atoms with van der Waals surface area (Å²) in [7, 11) is 0. The van der Waals surface area contributed by atoms with E-state index in [1.165, 1.54) is 10.9 Å². The van der Waals surface area contributed by atoms with Crippen LogP contribution in [-0.4, -0.2) is 11.0 Å². The Labute approximate surface area is 133 Å². The smallest absolute Gasteiger partial charge is 0.0781 e. The van der Waals surface area contributed by atoms with E-state index in [2.05, 4.69) is 35.3 Å². The Bertz CT molecular complexity index is 731. The maximum atomic E-state index is 6.39. The van der Waals surface area contributed by atoms with Gasteiger partial charge >= 0.3 is 0 Å². The van der Waals surface area contributed by atoms with E-state index in [0.717, 1.165) is 26.9 Å². The Kier molecular flexibility index (Phi) is 4.24. The molecule has 0 aliphatic carbocycles. The number of nitrogens with two attached hydrogens (primary N) is 1. The number of benzene rings is 2. The molecule has 0 saturated heterocycles. The largest absolute Gasteiger partial charge is 0.349 e. The third-order valence-electron chi connectivity index (χ3n) is 3.28. The fraction of sp³-hybridized carbons (Fsp3) is 0.176. The Hall–Kier alpha value is -1.42. The molecule has 3 N–H and O–H groups in total. The molecule has 1 unspecified atom stereocenters. The van der Waals surface area contributed by atoms with Crippen molar-refractivity contribution in [3.05, 3.63) is 59.1 Å². The van der Waals surface area contributed by atoms with Gasteiger partial charge < -0.3 is 10.7 Å². The second-order valence-electron chi connectivity index (χ2n) is 5.27. The van der Waals surface area contributed by atoms with Crippen molar-refractivity contribution in [3.8, 4) is 0 Å². The second kappa shape index (κ2) is 6.14. The Balaban J connectivity index is 1.84. The van der Waals surface area contributed by atoms with Crippen LogP contribution in [0.15, 0.2) is 58.5 Å². The van der Waals surface area contributed by atoms with E-state index < -0.39 is 0 Å². The zero-order valence-electron chi connectivity index (χ0n) is 11.8. The molecule has 0 amide bonds. The molecule has 0 bridgehead atoms.